The Labute approximate surface area is 138 Å². The van der Waals surface area contributed by atoms with Gasteiger partial charge in [0.2, 0.25) is 0 Å². The molecule has 3 aromatic rings. The third-order valence-electron chi connectivity index (χ3n) is 3.30. The van der Waals surface area contributed by atoms with Gasteiger partial charge in [-0.2, -0.15) is 0 Å². The molecule has 0 bridgehead atoms. The summed E-state index contributed by atoms with van der Waals surface area (Å²) < 4.78 is 5.52. The van der Waals surface area contributed by atoms with Crippen molar-refractivity contribution >= 4 is 22.6 Å². The van der Waals surface area contributed by atoms with Crippen molar-refractivity contribution in [3.63, 3.8) is 0 Å². The van der Waals surface area contributed by atoms with Crippen molar-refractivity contribution in [2.75, 3.05) is 6.61 Å². The standard InChI is InChI=1S/C18H15N3O3/c19-18(14-7-4-10-20-11-14)21-24-17(22)12-23-16-9-3-6-13-5-1-2-8-15(13)16/h1-11H,12H2,(H2,19,21). The highest BCUT2D eigenvalue weighted by Gasteiger charge is 2.08. The number of pyridine rings is 1. The smallest absolute Gasteiger partial charge is 0.372 e. The molecule has 0 saturated carbocycles. The highest BCUT2D eigenvalue weighted by Crippen LogP contribution is 2.24. The van der Waals surface area contributed by atoms with E-state index in [1.54, 1.807) is 24.4 Å². The Morgan fingerprint density at radius 2 is 1.92 bits per heavy atom. The minimum absolute atomic E-state index is 0.0709. The molecule has 0 unspecified atom stereocenters. The van der Waals surface area contributed by atoms with Crippen LogP contribution in [-0.4, -0.2) is 23.4 Å². The van der Waals surface area contributed by atoms with E-state index in [4.69, 9.17) is 15.3 Å². The molecular weight excluding hydrogens is 306 g/mol. The molecule has 1 aromatic heterocycles. The van der Waals surface area contributed by atoms with E-state index in [1.807, 2.05) is 36.4 Å². The molecule has 0 radical (unpaired) electrons. The van der Waals surface area contributed by atoms with Gasteiger partial charge in [0, 0.05) is 23.3 Å². The van der Waals surface area contributed by atoms with E-state index in [9.17, 15) is 4.79 Å². The first kappa shape index (κ1) is 15.5. The highest BCUT2D eigenvalue weighted by atomic mass is 16.7. The first-order valence-electron chi connectivity index (χ1n) is 7.28. The van der Waals surface area contributed by atoms with Gasteiger partial charge >= 0.3 is 5.97 Å². The lowest BCUT2D eigenvalue weighted by Gasteiger charge is -2.07. The fourth-order valence-corrected chi connectivity index (χ4v) is 2.15. The van der Waals surface area contributed by atoms with E-state index in [0.717, 1.165) is 10.8 Å². The average Bonchev–Trinajstić information content (AvgIpc) is 2.65. The summed E-state index contributed by atoms with van der Waals surface area (Å²) in [5, 5.41) is 5.55. The van der Waals surface area contributed by atoms with Crippen LogP contribution in [0.1, 0.15) is 5.56 Å². The van der Waals surface area contributed by atoms with Gasteiger partial charge in [0.15, 0.2) is 12.4 Å². The van der Waals surface area contributed by atoms with E-state index in [0.29, 0.717) is 11.3 Å². The first-order chi connectivity index (χ1) is 11.7. The number of benzene rings is 2. The van der Waals surface area contributed by atoms with Crippen molar-refractivity contribution in [1.29, 1.82) is 0 Å². The summed E-state index contributed by atoms with van der Waals surface area (Å²) in [6.07, 6.45) is 3.14. The lowest BCUT2D eigenvalue weighted by molar-refractivity contribution is -0.146. The molecule has 0 atom stereocenters. The quantitative estimate of drug-likeness (QED) is 0.338. The second-order valence-electron chi connectivity index (χ2n) is 4.95. The molecule has 0 saturated heterocycles. The summed E-state index contributed by atoms with van der Waals surface area (Å²) in [7, 11) is 0. The van der Waals surface area contributed by atoms with Crippen LogP contribution in [0.15, 0.2) is 72.1 Å². The maximum atomic E-state index is 11.8. The predicted molar refractivity (Wildman–Crippen MR) is 90.5 cm³/mol. The summed E-state index contributed by atoms with van der Waals surface area (Å²) in [5.74, 6) is 0.0330. The molecule has 1 heterocycles. The minimum Gasteiger partial charge on any atom is -0.481 e. The van der Waals surface area contributed by atoms with Crippen LogP contribution in [0.25, 0.3) is 10.8 Å². The Hall–Kier alpha value is -3.41. The molecule has 0 spiro atoms. The summed E-state index contributed by atoms with van der Waals surface area (Å²) in [6, 6.07) is 16.8. The molecule has 0 aliphatic carbocycles. The second kappa shape index (κ2) is 7.23. The number of carbonyl (C=O) groups is 1. The summed E-state index contributed by atoms with van der Waals surface area (Å²) in [4.78, 5) is 20.4. The number of nitrogens with two attached hydrogens (primary N) is 1. The van der Waals surface area contributed by atoms with Gasteiger partial charge in [0.25, 0.3) is 0 Å². The Balaban J connectivity index is 1.61. The zero-order valence-corrected chi connectivity index (χ0v) is 12.8. The number of aromatic nitrogens is 1. The molecule has 120 valence electrons. The third kappa shape index (κ3) is 3.67. The molecule has 0 aliphatic rings. The molecule has 0 aliphatic heterocycles. The SMILES string of the molecule is N/C(=N/OC(=O)COc1cccc2ccccc12)c1cccnc1. The topological polar surface area (TPSA) is 86.8 Å². The van der Waals surface area contributed by atoms with Crippen molar-refractivity contribution in [3.05, 3.63) is 72.6 Å². The van der Waals surface area contributed by atoms with Crippen LogP contribution >= 0.6 is 0 Å². The van der Waals surface area contributed by atoms with Crippen LogP contribution in [-0.2, 0) is 9.63 Å². The molecule has 6 heteroatoms. The largest absolute Gasteiger partial charge is 0.481 e. The Bertz CT molecular complexity index is 874. The van der Waals surface area contributed by atoms with Crippen molar-refractivity contribution in [2.45, 2.75) is 0 Å². The molecule has 24 heavy (non-hydrogen) atoms. The van der Waals surface area contributed by atoms with Crippen LogP contribution in [0.5, 0.6) is 5.75 Å². The van der Waals surface area contributed by atoms with E-state index in [1.165, 1.54) is 6.20 Å². The van der Waals surface area contributed by atoms with Gasteiger partial charge < -0.3 is 15.3 Å². The average molecular weight is 321 g/mol. The zero-order valence-electron chi connectivity index (χ0n) is 12.8. The summed E-state index contributed by atoms with van der Waals surface area (Å²) in [6.45, 7) is -0.266. The Kier molecular flexibility index (Phi) is 4.67. The minimum atomic E-state index is -0.644. The number of nitrogens with zero attached hydrogens (tertiary/aromatic N) is 2. The highest BCUT2D eigenvalue weighted by molar-refractivity contribution is 5.97. The van der Waals surface area contributed by atoms with Crippen molar-refractivity contribution < 1.29 is 14.4 Å². The van der Waals surface area contributed by atoms with Gasteiger partial charge in [-0.05, 0) is 23.6 Å². The second-order valence-corrected chi connectivity index (χ2v) is 4.95. The van der Waals surface area contributed by atoms with Crippen molar-refractivity contribution in [3.8, 4) is 5.75 Å². The Morgan fingerprint density at radius 1 is 1.08 bits per heavy atom. The number of oxime groups is 1. The van der Waals surface area contributed by atoms with Gasteiger partial charge in [-0.25, -0.2) is 4.79 Å². The molecule has 6 nitrogen and oxygen atoms in total. The van der Waals surface area contributed by atoms with Crippen LogP contribution in [0, 0.1) is 0 Å². The lowest BCUT2D eigenvalue weighted by Crippen LogP contribution is -2.18. The molecule has 3 rings (SSSR count). The fraction of sp³-hybridized carbons (Fsp3) is 0.0556. The Morgan fingerprint density at radius 3 is 2.75 bits per heavy atom. The summed E-state index contributed by atoms with van der Waals surface area (Å²) in [5.41, 5.74) is 6.29. The van der Waals surface area contributed by atoms with Crippen LogP contribution < -0.4 is 10.5 Å². The number of fused-ring (bicyclic) bond motifs is 1. The maximum absolute atomic E-state index is 11.8. The summed E-state index contributed by atoms with van der Waals surface area (Å²) >= 11 is 0. The molecule has 0 amide bonds. The van der Waals surface area contributed by atoms with E-state index >= 15 is 0 Å². The molecule has 2 aromatic carbocycles. The molecule has 0 fully saturated rings. The lowest BCUT2D eigenvalue weighted by atomic mass is 10.1. The monoisotopic (exact) mass is 321 g/mol. The maximum Gasteiger partial charge on any atom is 0.372 e. The van der Waals surface area contributed by atoms with Gasteiger partial charge in [-0.3, -0.25) is 4.98 Å². The van der Waals surface area contributed by atoms with Crippen LogP contribution in [0.4, 0.5) is 0 Å². The molecule has 2 N–H and O–H groups in total. The molecular formula is C18H15N3O3. The van der Waals surface area contributed by atoms with Gasteiger partial charge in [0.1, 0.15) is 5.75 Å². The normalized spacial score (nSPS) is 11.2. The number of rotatable bonds is 5. The van der Waals surface area contributed by atoms with E-state index in [2.05, 4.69) is 10.1 Å². The van der Waals surface area contributed by atoms with Crippen LogP contribution in [0.2, 0.25) is 0 Å². The van der Waals surface area contributed by atoms with Crippen molar-refractivity contribution in [2.24, 2.45) is 10.9 Å². The van der Waals surface area contributed by atoms with Crippen LogP contribution in [0.3, 0.4) is 0 Å². The zero-order chi connectivity index (χ0) is 16.8. The predicted octanol–water partition coefficient (Wildman–Crippen LogP) is 2.48. The number of hydrogen-bond acceptors (Lipinski definition) is 5. The number of amidine groups is 1. The van der Waals surface area contributed by atoms with Crippen molar-refractivity contribution in [1.82, 2.24) is 4.98 Å². The van der Waals surface area contributed by atoms with Gasteiger partial charge in [-0.15, -0.1) is 0 Å². The first-order valence-corrected chi connectivity index (χ1v) is 7.28. The fourth-order valence-electron chi connectivity index (χ4n) is 2.15. The number of carbonyl (C=O) groups excluding carboxylic acids is 1. The number of ether oxygens (including phenoxy) is 1. The van der Waals surface area contributed by atoms with Gasteiger partial charge in [-0.1, -0.05) is 41.6 Å². The van der Waals surface area contributed by atoms with E-state index in [-0.39, 0.29) is 12.4 Å². The third-order valence-corrected chi connectivity index (χ3v) is 3.30. The van der Waals surface area contributed by atoms with E-state index < -0.39 is 5.97 Å². The van der Waals surface area contributed by atoms with Gasteiger partial charge in [0.05, 0.1) is 0 Å². The number of hydrogen-bond donors (Lipinski definition) is 1.